The van der Waals surface area contributed by atoms with Crippen LogP contribution in [0.3, 0.4) is 0 Å². The zero-order valence-corrected chi connectivity index (χ0v) is 25.9. The van der Waals surface area contributed by atoms with E-state index in [1.54, 1.807) is 39.8 Å². The number of hydrogen-bond donors (Lipinski definition) is 2. The summed E-state index contributed by atoms with van der Waals surface area (Å²) < 4.78 is 46.7. The fraction of sp³-hybridized carbons (Fsp3) is 0.438. The number of nitrogens with one attached hydrogen (secondary N) is 2. The number of halogens is 4. The Hall–Kier alpha value is -3.47. The molecule has 3 aliphatic rings. The van der Waals surface area contributed by atoms with E-state index < -0.39 is 46.6 Å². The summed E-state index contributed by atoms with van der Waals surface area (Å²) in [6.45, 7) is 6.97. The van der Waals surface area contributed by atoms with Crippen molar-refractivity contribution in [2.45, 2.75) is 83.2 Å². The lowest BCUT2D eigenvalue weighted by Gasteiger charge is -2.56. The number of nitrogens with zero attached hydrogens (tertiary/aromatic N) is 1. The van der Waals surface area contributed by atoms with Crippen LogP contribution in [0.1, 0.15) is 68.8 Å². The second-order valence-corrected chi connectivity index (χ2v) is 13.5. The zero-order valence-electron chi connectivity index (χ0n) is 24.3. The van der Waals surface area contributed by atoms with Crippen LogP contribution in [0.2, 0.25) is 0 Å². The lowest BCUT2D eigenvalue weighted by atomic mass is 9.54. The van der Waals surface area contributed by atoms with Gasteiger partial charge in [-0.15, -0.1) is 0 Å². The molecular weight excluding hydrogens is 627 g/mol. The van der Waals surface area contributed by atoms with E-state index >= 15 is 0 Å². The van der Waals surface area contributed by atoms with E-state index in [2.05, 4.69) is 26.6 Å². The number of ether oxygens (including phenoxy) is 1. The number of amides is 2. The van der Waals surface area contributed by atoms with Crippen LogP contribution >= 0.6 is 15.9 Å². The summed E-state index contributed by atoms with van der Waals surface area (Å²) in [6, 6.07) is 13.7. The minimum absolute atomic E-state index is 0.0824. The summed E-state index contributed by atoms with van der Waals surface area (Å²) in [6.07, 6.45) is -4.22. The second kappa shape index (κ2) is 10.9. The Kier molecular flexibility index (Phi) is 7.86. The quantitative estimate of drug-likeness (QED) is 0.294. The molecule has 2 amide bonds. The second-order valence-electron chi connectivity index (χ2n) is 12.6. The Balaban J connectivity index is 1.56. The number of aromatic nitrogens is 1. The van der Waals surface area contributed by atoms with Gasteiger partial charge in [0.1, 0.15) is 5.60 Å². The molecule has 3 fully saturated rings. The molecule has 0 spiro atoms. The maximum absolute atomic E-state index is 14.3. The molecule has 11 heteroatoms. The van der Waals surface area contributed by atoms with Crippen molar-refractivity contribution < 1.29 is 32.3 Å². The highest BCUT2D eigenvalue weighted by atomic mass is 79.9. The van der Waals surface area contributed by atoms with Crippen LogP contribution in [0, 0.1) is 12.3 Å². The molecule has 0 aliphatic heterocycles. The maximum atomic E-state index is 14.3. The van der Waals surface area contributed by atoms with Gasteiger partial charge in [-0.25, -0.2) is 4.98 Å². The molecule has 3 saturated carbocycles. The monoisotopic (exact) mass is 659 g/mol. The molecule has 228 valence electrons. The third-order valence-corrected chi connectivity index (χ3v) is 9.08. The standard InChI is InChI=1S/C32H33BrF3N3O4/c1-18-24(21-16-20(33)10-11-22(21)37-25(18)19-8-6-5-7-9-19)26(40)39-31-14-12-30(13-15-31,28(42)43-29(2,3)4)17-23(31)38-27(41)32(34,35)36/h5-11,16,23H,12-15,17H2,1-4H3,(H,38,41)(H,39,40). The van der Waals surface area contributed by atoms with E-state index in [1.165, 1.54) is 0 Å². The molecule has 1 unspecified atom stereocenters. The molecule has 3 aliphatic carbocycles. The molecular formula is C32H33BrF3N3O4. The average molecular weight is 661 g/mol. The zero-order chi connectivity index (χ0) is 31.4. The van der Waals surface area contributed by atoms with E-state index in [0.29, 0.717) is 40.6 Å². The first-order valence-electron chi connectivity index (χ1n) is 14.1. The number of rotatable bonds is 5. The van der Waals surface area contributed by atoms with Gasteiger partial charge in [-0.1, -0.05) is 46.3 Å². The SMILES string of the molecule is Cc1c(-c2ccccc2)nc2ccc(Br)cc2c1C(=O)NC12CCC(C(=O)OC(C)(C)C)(CC1)CC2NC(=O)C(F)(F)F. The van der Waals surface area contributed by atoms with Crippen molar-refractivity contribution in [3.8, 4) is 11.3 Å². The first kappa shape index (κ1) is 31.0. The molecule has 0 radical (unpaired) electrons. The van der Waals surface area contributed by atoms with Gasteiger partial charge in [-0.2, -0.15) is 13.2 Å². The van der Waals surface area contributed by atoms with Crippen molar-refractivity contribution in [2.75, 3.05) is 0 Å². The Morgan fingerprint density at radius 1 is 1.00 bits per heavy atom. The molecule has 43 heavy (non-hydrogen) atoms. The number of esters is 1. The minimum Gasteiger partial charge on any atom is -0.460 e. The fourth-order valence-electron chi connectivity index (χ4n) is 6.42. The maximum Gasteiger partial charge on any atom is 0.471 e. The van der Waals surface area contributed by atoms with Crippen molar-refractivity contribution in [1.82, 2.24) is 15.6 Å². The molecule has 1 aromatic heterocycles. The third kappa shape index (κ3) is 6.01. The summed E-state index contributed by atoms with van der Waals surface area (Å²) in [7, 11) is 0. The van der Waals surface area contributed by atoms with Gasteiger partial charge in [0.05, 0.1) is 33.8 Å². The number of carbonyl (C=O) groups excluding carboxylic acids is 3. The predicted octanol–water partition coefficient (Wildman–Crippen LogP) is 6.79. The van der Waals surface area contributed by atoms with E-state index in [4.69, 9.17) is 9.72 Å². The Morgan fingerprint density at radius 3 is 2.26 bits per heavy atom. The number of pyridine rings is 1. The first-order chi connectivity index (χ1) is 20.0. The molecule has 2 bridgehead atoms. The van der Waals surface area contributed by atoms with Crippen LogP contribution in [-0.4, -0.2) is 46.1 Å². The molecule has 7 nitrogen and oxygen atoms in total. The van der Waals surface area contributed by atoms with E-state index in [0.717, 1.165) is 10.0 Å². The molecule has 3 aromatic rings. The Labute approximate surface area is 256 Å². The summed E-state index contributed by atoms with van der Waals surface area (Å²) >= 11 is 3.47. The first-order valence-corrected chi connectivity index (χ1v) is 14.9. The number of hydrogen-bond acceptors (Lipinski definition) is 5. The summed E-state index contributed by atoms with van der Waals surface area (Å²) in [5.41, 5.74) is -0.112. The number of alkyl halides is 3. The topological polar surface area (TPSA) is 97.4 Å². The van der Waals surface area contributed by atoms with Crippen LogP contribution in [0.25, 0.3) is 22.2 Å². The molecule has 1 atom stereocenters. The lowest BCUT2D eigenvalue weighted by molar-refractivity contribution is -0.182. The van der Waals surface area contributed by atoms with E-state index in [9.17, 15) is 27.6 Å². The molecule has 1 heterocycles. The third-order valence-electron chi connectivity index (χ3n) is 8.58. The van der Waals surface area contributed by atoms with Crippen LogP contribution in [0.4, 0.5) is 13.2 Å². The lowest BCUT2D eigenvalue weighted by Crippen LogP contribution is -2.71. The fourth-order valence-corrected chi connectivity index (χ4v) is 6.78. The normalized spacial score (nSPS) is 23.6. The van der Waals surface area contributed by atoms with Crippen molar-refractivity contribution >= 4 is 44.6 Å². The molecule has 2 N–H and O–H groups in total. The number of fused-ring (bicyclic) bond motifs is 4. The van der Waals surface area contributed by atoms with Gasteiger partial charge in [0.15, 0.2) is 0 Å². The Bertz CT molecular complexity index is 1590. The largest absolute Gasteiger partial charge is 0.471 e. The highest BCUT2D eigenvalue weighted by molar-refractivity contribution is 9.10. The van der Waals surface area contributed by atoms with Crippen molar-refractivity contribution in [3.63, 3.8) is 0 Å². The van der Waals surface area contributed by atoms with Gasteiger partial charge in [0, 0.05) is 15.4 Å². The Morgan fingerprint density at radius 2 is 1.65 bits per heavy atom. The highest BCUT2D eigenvalue weighted by Crippen LogP contribution is 2.54. The number of benzene rings is 2. The highest BCUT2D eigenvalue weighted by Gasteiger charge is 2.60. The van der Waals surface area contributed by atoms with Gasteiger partial charge in [0.25, 0.3) is 5.91 Å². The van der Waals surface area contributed by atoms with Crippen LogP contribution in [0.5, 0.6) is 0 Å². The molecule has 6 rings (SSSR count). The van der Waals surface area contributed by atoms with Gasteiger partial charge in [-0.05, 0) is 83.6 Å². The van der Waals surface area contributed by atoms with Crippen LogP contribution < -0.4 is 10.6 Å². The van der Waals surface area contributed by atoms with Gasteiger partial charge < -0.3 is 15.4 Å². The average Bonchev–Trinajstić information content (AvgIpc) is 2.92. The van der Waals surface area contributed by atoms with Crippen molar-refractivity contribution in [2.24, 2.45) is 5.41 Å². The van der Waals surface area contributed by atoms with Crippen molar-refractivity contribution in [3.05, 3.63) is 64.1 Å². The van der Waals surface area contributed by atoms with Crippen LogP contribution in [-0.2, 0) is 14.3 Å². The van der Waals surface area contributed by atoms with Crippen LogP contribution in [0.15, 0.2) is 53.0 Å². The van der Waals surface area contributed by atoms with Crippen molar-refractivity contribution in [1.29, 1.82) is 0 Å². The van der Waals surface area contributed by atoms with Gasteiger partial charge in [0.2, 0.25) is 0 Å². The smallest absolute Gasteiger partial charge is 0.460 e. The molecule has 0 saturated heterocycles. The van der Waals surface area contributed by atoms with Gasteiger partial charge >= 0.3 is 18.1 Å². The summed E-state index contributed by atoms with van der Waals surface area (Å²) in [5, 5.41) is 5.76. The molecule has 2 aromatic carbocycles. The summed E-state index contributed by atoms with van der Waals surface area (Å²) in [5.74, 6) is -3.10. The summed E-state index contributed by atoms with van der Waals surface area (Å²) in [4.78, 5) is 44.6. The predicted molar refractivity (Wildman–Crippen MR) is 159 cm³/mol. The number of carbonyl (C=O) groups is 3. The van der Waals surface area contributed by atoms with Gasteiger partial charge in [-0.3, -0.25) is 14.4 Å². The minimum atomic E-state index is -5.13. The van der Waals surface area contributed by atoms with E-state index in [1.807, 2.05) is 36.4 Å². The van der Waals surface area contributed by atoms with E-state index in [-0.39, 0.29) is 19.3 Å².